The van der Waals surface area contributed by atoms with Gasteiger partial charge in [0.25, 0.3) is 5.91 Å². The summed E-state index contributed by atoms with van der Waals surface area (Å²) in [5.74, 6) is -1.40. The summed E-state index contributed by atoms with van der Waals surface area (Å²) in [4.78, 5) is 121. The Morgan fingerprint density at radius 1 is 0.507 bits per heavy atom. The largest absolute Gasteiger partial charge is 0.286 e. The minimum absolute atomic E-state index is 0. The zero-order chi connectivity index (χ0) is 53.1. The molecule has 0 N–H and O–H groups in total. The third kappa shape index (κ3) is 25.0. The van der Waals surface area contributed by atoms with Crippen molar-refractivity contribution >= 4 is 59.1 Å². The summed E-state index contributed by atoms with van der Waals surface area (Å²) in [6.07, 6.45) is 4.51. The minimum Gasteiger partial charge on any atom is -0.286 e. The number of carbonyl (C=O) groups is 10. The van der Waals surface area contributed by atoms with Crippen molar-refractivity contribution in [2.75, 3.05) is 27.7 Å². The zero-order valence-corrected chi connectivity index (χ0v) is 45.0. The van der Waals surface area contributed by atoms with Gasteiger partial charge in [0, 0.05) is 93.6 Å². The average Bonchev–Trinajstić information content (AvgIpc) is 3.73. The minimum atomic E-state index is -0.542. The van der Waals surface area contributed by atoms with E-state index in [1.165, 1.54) is 54.5 Å². The van der Waals surface area contributed by atoms with Crippen LogP contribution in [0.2, 0.25) is 0 Å². The molecule has 1 saturated carbocycles. The molecule has 1 aliphatic rings. The number of carbonyl (C=O) groups excluding carboxylic acids is 10. The lowest BCUT2D eigenvalue weighted by Gasteiger charge is -2.31. The van der Waals surface area contributed by atoms with Crippen LogP contribution in [-0.2, 0) is 43.2 Å². The van der Waals surface area contributed by atoms with Crippen molar-refractivity contribution in [3.05, 3.63) is 35.9 Å². The van der Waals surface area contributed by atoms with Crippen molar-refractivity contribution < 1.29 is 47.9 Å². The van der Waals surface area contributed by atoms with E-state index in [4.69, 9.17) is 0 Å². The fourth-order valence-corrected chi connectivity index (χ4v) is 6.26. The van der Waals surface area contributed by atoms with Crippen LogP contribution in [0.4, 0.5) is 0 Å². The van der Waals surface area contributed by atoms with Crippen LogP contribution in [0, 0.1) is 27.6 Å². The summed E-state index contributed by atoms with van der Waals surface area (Å²) in [7, 11) is 4.62. The lowest BCUT2D eigenvalue weighted by atomic mass is 9.94. The first kappa shape index (κ1) is 68.5. The Bertz CT molecular complexity index is 1800. The lowest BCUT2D eigenvalue weighted by Crippen LogP contribution is -2.47. The van der Waals surface area contributed by atoms with E-state index in [0.717, 1.165) is 30.6 Å². The van der Waals surface area contributed by atoms with Crippen LogP contribution < -0.4 is 0 Å². The van der Waals surface area contributed by atoms with Gasteiger partial charge in [-0.05, 0) is 52.7 Å². The fraction of sp³-hybridized carbons (Fsp3) is 0.692. The smallest absolute Gasteiger partial charge is 0.260 e. The molecular weight excluding hydrogens is 855 g/mol. The Morgan fingerprint density at radius 3 is 1.10 bits per heavy atom. The molecule has 0 heterocycles. The highest BCUT2D eigenvalue weighted by Gasteiger charge is 2.34. The average molecular weight is 946 g/mol. The second-order valence-electron chi connectivity index (χ2n) is 21.4. The van der Waals surface area contributed by atoms with Crippen LogP contribution in [-0.4, -0.2) is 117 Å². The van der Waals surface area contributed by atoms with E-state index in [-0.39, 0.29) is 72.4 Å². The summed E-state index contributed by atoms with van der Waals surface area (Å²) >= 11 is 0. The highest BCUT2D eigenvalue weighted by atomic mass is 16.2. The molecule has 0 atom stereocenters. The van der Waals surface area contributed by atoms with Gasteiger partial charge < -0.3 is 0 Å². The zero-order valence-electron chi connectivity index (χ0n) is 45.0. The predicted octanol–water partition coefficient (Wildman–Crippen LogP) is 9.21. The van der Waals surface area contributed by atoms with E-state index >= 15 is 0 Å². The number of imide groups is 5. The Balaban J connectivity index is -0.000000372. The first-order valence-corrected chi connectivity index (χ1v) is 22.7. The van der Waals surface area contributed by atoms with Gasteiger partial charge in [0.15, 0.2) is 0 Å². The van der Waals surface area contributed by atoms with E-state index in [1.54, 1.807) is 79.8 Å². The monoisotopic (exact) mass is 946 g/mol. The molecule has 0 radical (unpaired) electrons. The standard InChI is InChI=1S/C13H17NO2.C12H21NO2.C10H19NO2.2C8H15NO2.CH4/c1-13(2,3)12(16)14(4)11(15)10-8-6-5-7-9-10;1-12(2,3)11(15)13(4)10(14)9-7-5-6-8-9;1-6-8(12)11(7-2)9(13)10(3,4)5;1-6(10)9(5)7(11)8(2,3)4;1-6(10)9(7(2)11)8(3,4)5;/h5-9H,1-4H3;9H,5-8H2,1-4H3;6-7H2,1-5H3;2*1-5H3;1H4. The van der Waals surface area contributed by atoms with Gasteiger partial charge in [0.2, 0.25) is 53.2 Å². The number of amides is 10. The van der Waals surface area contributed by atoms with Crippen molar-refractivity contribution in [3.8, 4) is 0 Å². The van der Waals surface area contributed by atoms with Crippen molar-refractivity contribution in [3.63, 3.8) is 0 Å². The van der Waals surface area contributed by atoms with Gasteiger partial charge in [-0.2, -0.15) is 0 Å². The maximum atomic E-state index is 11.9. The molecule has 0 bridgehead atoms. The molecule has 10 amide bonds. The number of hydrogen-bond donors (Lipinski definition) is 0. The van der Waals surface area contributed by atoms with Gasteiger partial charge in [-0.3, -0.25) is 72.4 Å². The van der Waals surface area contributed by atoms with Crippen molar-refractivity contribution in [1.82, 2.24) is 24.5 Å². The summed E-state index contributed by atoms with van der Waals surface area (Å²) in [5.41, 5.74) is -1.83. The molecule has 15 heteroatoms. The summed E-state index contributed by atoms with van der Waals surface area (Å²) in [6.45, 7) is 35.4. The van der Waals surface area contributed by atoms with Gasteiger partial charge in [0.05, 0.1) is 0 Å². The highest BCUT2D eigenvalue weighted by molar-refractivity contribution is 6.05. The van der Waals surface area contributed by atoms with Crippen molar-refractivity contribution in [2.24, 2.45) is 27.6 Å². The van der Waals surface area contributed by atoms with Gasteiger partial charge >= 0.3 is 0 Å². The van der Waals surface area contributed by atoms with Gasteiger partial charge in [-0.15, -0.1) is 0 Å². The second-order valence-corrected chi connectivity index (χ2v) is 21.4. The molecule has 1 aromatic carbocycles. The van der Waals surface area contributed by atoms with Crippen LogP contribution in [0.3, 0.4) is 0 Å². The molecule has 67 heavy (non-hydrogen) atoms. The highest BCUT2D eigenvalue weighted by Crippen LogP contribution is 2.28. The SMILES string of the molecule is C.CC(=O)N(C(C)=O)C(C)(C)C.CC(=O)N(C)C(=O)C(C)(C)C.CCC(=O)N(CC)C(=O)C(C)(C)C.CN(C(=O)C1CCCC1)C(=O)C(C)(C)C.CN(C(=O)c1ccccc1)C(=O)C(C)(C)C. The number of benzene rings is 1. The number of rotatable bonds is 4. The molecule has 0 aromatic heterocycles. The molecule has 1 aromatic rings. The molecule has 15 nitrogen and oxygen atoms in total. The first-order chi connectivity index (χ1) is 29.5. The van der Waals surface area contributed by atoms with Crippen LogP contribution in [0.25, 0.3) is 0 Å². The molecule has 0 saturated heterocycles. The van der Waals surface area contributed by atoms with Crippen molar-refractivity contribution in [2.45, 2.75) is 184 Å². The van der Waals surface area contributed by atoms with Crippen molar-refractivity contribution in [1.29, 1.82) is 0 Å². The lowest BCUT2D eigenvalue weighted by molar-refractivity contribution is -0.151. The van der Waals surface area contributed by atoms with Crippen LogP contribution in [0.5, 0.6) is 0 Å². The second kappa shape index (κ2) is 29.0. The van der Waals surface area contributed by atoms with E-state index in [9.17, 15) is 47.9 Å². The van der Waals surface area contributed by atoms with Gasteiger partial charge in [-0.25, -0.2) is 0 Å². The molecule has 384 valence electrons. The van der Waals surface area contributed by atoms with Crippen LogP contribution >= 0.6 is 0 Å². The Morgan fingerprint density at radius 2 is 0.851 bits per heavy atom. The van der Waals surface area contributed by atoms with Gasteiger partial charge in [-0.1, -0.05) is 128 Å². The summed E-state index contributed by atoms with van der Waals surface area (Å²) in [5, 5.41) is 0. The summed E-state index contributed by atoms with van der Waals surface area (Å²) < 4.78 is 0. The molecule has 1 fully saturated rings. The number of hydrogen-bond acceptors (Lipinski definition) is 10. The fourth-order valence-electron chi connectivity index (χ4n) is 6.26. The molecule has 0 unspecified atom stereocenters. The van der Waals surface area contributed by atoms with E-state index < -0.39 is 27.2 Å². The Kier molecular flexibility index (Phi) is 29.6. The topological polar surface area (TPSA) is 187 Å². The van der Waals surface area contributed by atoms with E-state index in [0.29, 0.717) is 18.5 Å². The number of nitrogens with zero attached hydrogens (tertiary/aromatic N) is 5. The Labute approximate surface area is 405 Å². The molecule has 0 spiro atoms. The first-order valence-electron chi connectivity index (χ1n) is 22.7. The van der Waals surface area contributed by atoms with Crippen LogP contribution in [0.15, 0.2) is 30.3 Å². The maximum Gasteiger partial charge on any atom is 0.260 e. The van der Waals surface area contributed by atoms with Crippen LogP contribution in [0.1, 0.15) is 188 Å². The molecule has 2 rings (SSSR count). The van der Waals surface area contributed by atoms with E-state index in [1.807, 2.05) is 75.3 Å². The third-order valence-electron chi connectivity index (χ3n) is 9.78. The van der Waals surface area contributed by atoms with E-state index in [2.05, 4.69) is 0 Å². The summed E-state index contributed by atoms with van der Waals surface area (Å²) in [6, 6.07) is 8.80. The third-order valence-corrected chi connectivity index (χ3v) is 9.78. The molecule has 1 aliphatic carbocycles. The quantitative estimate of drug-likeness (QED) is 0.282. The van der Waals surface area contributed by atoms with Gasteiger partial charge in [0.1, 0.15) is 0 Å². The molecule has 0 aliphatic heterocycles. The molecular formula is C52H91N5O10. The Hall–Kier alpha value is -5.08. The normalized spacial score (nSPS) is 12.4. The maximum absolute atomic E-state index is 11.9. The predicted molar refractivity (Wildman–Crippen MR) is 267 cm³/mol.